The van der Waals surface area contributed by atoms with Crippen LogP contribution < -0.4 is 20.4 Å². The molecule has 54 heavy (non-hydrogen) atoms. The summed E-state index contributed by atoms with van der Waals surface area (Å²) in [5, 5.41) is 41.7. The minimum Gasteiger partial charge on any atom is -0.869 e. The molecule has 8 nitrogen and oxygen atoms in total. The molecule has 0 aliphatic heterocycles. The molecule has 0 amide bonds. The van der Waals surface area contributed by atoms with Crippen LogP contribution in [-0.4, -0.2) is 44.6 Å². The van der Waals surface area contributed by atoms with E-state index in [0.29, 0.717) is 24.3 Å². The van der Waals surface area contributed by atoms with Crippen LogP contribution in [0.4, 0.5) is 52.7 Å². The Labute approximate surface area is 318 Å². The summed E-state index contributed by atoms with van der Waals surface area (Å²) in [7, 11) is 0. The molecule has 2 radical (unpaired) electrons. The second-order valence-electron chi connectivity index (χ2n) is 9.04. The summed E-state index contributed by atoms with van der Waals surface area (Å²) in [5.41, 5.74) is 0.0179. The Bertz CT molecular complexity index is 1490. The molecule has 0 bridgehead atoms. The second-order valence-corrected chi connectivity index (χ2v) is 9.04. The van der Waals surface area contributed by atoms with E-state index in [2.05, 4.69) is 19.9 Å². The third-order valence-electron chi connectivity index (χ3n) is 4.98. The molecule has 0 saturated heterocycles. The first-order valence-corrected chi connectivity index (χ1v) is 13.5. The van der Waals surface area contributed by atoms with E-state index in [0.717, 1.165) is 0 Å². The summed E-state index contributed by atoms with van der Waals surface area (Å²) in [6.07, 6.45) is -12.2. The summed E-state index contributed by atoms with van der Waals surface area (Å²) in [5.74, 6) is -7.59. The van der Waals surface area contributed by atoms with E-state index in [1.807, 2.05) is 0 Å². The van der Waals surface area contributed by atoms with Gasteiger partial charge in [-0.05, 0) is 95.9 Å². The van der Waals surface area contributed by atoms with Gasteiger partial charge in [-0.1, -0.05) is 24.3 Å². The van der Waals surface area contributed by atoms with Gasteiger partial charge in [0.1, 0.15) is 0 Å². The van der Waals surface area contributed by atoms with Crippen molar-refractivity contribution in [3.05, 3.63) is 143 Å². The number of halogens is 12. The van der Waals surface area contributed by atoms with E-state index in [1.165, 1.54) is 73.3 Å². The van der Waals surface area contributed by atoms with Crippen molar-refractivity contribution in [2.75, 3.05) is 0 Å². The molecule has 22 heteroatoms. The zero-order valence-corrected chi connectivity index (χ0v) is 28.0. The summed E-state index contributed by atoms with van der Waals surface area (Å²) < 4.78 is 141. The van der Waals surface area contributed by atoms with Gasteiger partial charge in [0.05, 0.1) is 22.8 Å². The standard InChI is InChI=1S/4C8H6F3NO.2Cu/c4*9-8(10,11)7(13)5-6-3-1-2-4-12-6;;/h4*1-5,13H;;/q;;;;2*+2/p-4/b4*7-5-;;. The first-order valence-electron chi connectivity index (χ1n) is 13.5. The number of rotatable bonds is 4. The van der Waals surface area contributed by atoms with Gasteiger partial charge >= 0.3 is 58.8 Å². The topological polar surface area (TPSA) is 144 Å². The van der Waals surface area contributed by atoms with Crippen molar-refractivity contribution in [3.63, 3.8) is 0 Å². The maximum atomic E-state index is 11.7. The number of hydrogen-bond donors (Lipinski definition) is 0. The molecule has 4 aromatic rings. The van der Waals surface area contributed by atoms with Crippen LogP contribution in [0.3, 0.4) is 0 Å². The molecule has 4 aromatic heterocycles. The van der Waals surface area contributed by atoms with Crippen LogP contribution in [0.25, 0.3) is 24.3 Å². The van der Waals surface area contributed by atoms with Gasteiger partial charge in [-0.25, -0.2) is 0 Å². The van der Waals surface area contributed by atoms with Gasteiger partial charge in [-0.2, -0.15) is 52.7 Å². The van der Waals surface area contributed by atoms with Gasteiger partial charge in [0, 0.05) is 24.8 Å². The average Bonchev–Trinajstić information content (AvgIpc) is 3.06. The van der Waals surface area contributed by atoms with Crippen molar-refractivity contribution < 1.29 is 107 Å². The smallest absolute Gasteiger partial charge is 0.869 e. The van der Waals surface area contributed by atoms with Crippen LogP contribution in [0.5, 0.6) is 0 Å². The third-order valence-corrected chi connectivity index (χ3v) is 4.98. The fraction of sp³-hybridized carbons (Fsp3) is 0.125. The molecule has 0 fully saturated rings. The number of pyridine rings is 4. The van der Waals surface area contributed by atoms with Crippen LogP contribution in [0.1, 0.15) is 22.8 Å². The summed E-state index contributed by atoms with van der Waals surface area (Å²) >= 11 is 0. The number of aromatic nitrogens is 4. The van der Waals surface area contributed by atoms with E-state index in [-0.39, 0.29) is 56.9 Å². The summed E-state index contributed by atoms with van der Waals surface area (Å²) in [6.45, 7) is 0. The van der Waals surface area contributed by atoms with Gasteiger partial charge in [-0.15, -0.1) is 0 Å². The van der Waals surface area contributed by atoms with E-state index < -0.39 is 47.7 Å². The monoisotopic (exact) mass is 878 g/mol. The Kier molecular flexibility index (Phi) is 22.3. The average molecular weight is 880 g/mol. The van der Waals surface area contributed by atoms with E-state index >= 15 is 0 Å². The number of hydrogen-bond acceptors (Lipinski definition) is 8. The van der Waals surface area contributed by atoms with Crippen molar-refractivity contribution in [2.45, 2.75) is 24.7 Å². The van der Waals surface area contributed by atoms with Crippen LogP contribution in [-0.2, 0) is 34.1 Å². The molecule has 0 aromatic carbocycles. The zero-order chi connectivity index (χ0) is 39.6. The minimum absolute atomic E-state index is 0. The molecule has 0 atom stereocenters. The molecule has 0 saturated carbocycles. The van der Waals surface area contributed by atoms with E-state index in [4.69, 9.17) is 0 Å². The van der Waals surface area contributed by atoms with Crippen molar-refractivity contribution in [1.29, 1.82) is 0 Å². The first-order chi connectivity index (χ1) is 24.0. The molecule has 4 heterocycles. The Balaban J connectivity index is 0. The molecular weight excluding hydrogens is 859 g/mol. The van der Waals surface area contributed by atoms with Crippen molar-refractivity contribution in [3.8, 4) is 0 Å². The molecule has 4 rings (SSSR count). The van der Waals surface area contributed by atoms with Crippen LogP contribution in [0, 0.1) is 0 Å². The molecule has 0 N–H and O–H groups in total. The van der Waals surface area contributed by atoms with Crippen molar-refractivity contribution in [2.24, 2.45) is 0 Å². The van der Waals surface area contributed by atoms with Gasteiger partial charge in [0.25, 0.3) is 0 Å². The van der Waals surface area contributed by atoms with Crippen molar-refractivity contribution >= 4 is 24.3 Å². The van der Waals surface area contributed by atoms with Gasteiger partial charge < -0.3 is 20.4 Å². The molecule has 0 unspecified atom stereocenters. The predicted octanol–water partition coefficient (Wildman–Crippen LogP) is 5.38. The van der Waals surface area contributed by atoms with Crippen LogP contribution in [0.15, 0.2) is 121 Å². The Hall–Kier alpha value is -5.04. The molecule has 0 aliphatic rings. The largest absolute Gasteiger partial charge is 2.00 e. The Morgan fingerprint density at radius 3 is 0.630 bits per heavy atom. The van der Waals surface area contributed by atoms with E-state index in [9.17, 15) is 73.1 Å². The molecular formula is C32H20Cu2F12N4O4. The van der Waals surface area contributed by atoms with Crippen LogP contribution in [0.2, 0.25) is 0 Å². The predicted molar refractivity (Wildman–Crippen MR) is 153 cm³/mol. The molecule has 298 valence electrons. The summed E-state index contributed by atoms with van der Waals surface area (Å²) in [4.78, 5) is 14.2. The second kappa shape index (κ2) is 23.6. The fourth-order valence-electron chi connectivity index (χ4n) is 2.71. The fourth-order valence-corrected chi connectivity index (χ4v) is 2.71. The van der Waals surface area contributed by atoms with Gasteiger partial charge in [0.2, 0.25) is 0 Å². The quantitative estimate of drug-likeness (QED) is 0.151. The third kappa shape index (κ3) is 22.1. The minimum atomic E-state index is -4.82. The SMILES string of the molecule is [Cu+2].[Cu+2].[O-]/C(=C\c1ccccn1)C(F)(F)F.[O-]/C(=C\c1ccccn1)C(F)(F)F.[O-]/C(=C\c1ccccn1)C(F)(F)F.[O-]/C(=C\c1ccccn1)C(F)(F)F. The Morgan fingerprint density at radius 2 is 0.519 bits per heavy atom. The zero-order valence-electron chi connectivity index (χ0n) is 26.1. The summed E-state index contributed by atoms with van der Waals surface area (Å²) in [6, 6.07) is 17.5. The van der Waals surface area contributed by atoms with E-state index in [1.54, 1.807) is 24.3 Å². The van der Waals surface area contributed by atoms with Gasteiger partial charge in [-0.3, -0.25) is 19.9 Å². The Morgan fingerprint density at radius 1 is 0.352 bits per heavy atom. The number of alkyl halides is 12. The maximum absolute atomic E-state index is 11.7. The first kappa shape index (κ1) is 51.1. The molecule has 0 aliphatic carbocycles. The maximum Gasteiger partial charge on any atom is 2.00 e. The van der Waals surface area contributed by atoms with Gasteiger partial charge in [0.15, 0.2) is 0 Å². The molecule has 0 spiro atoms. The van der Waals surface area contributed by atoms with Crippen LogP contribution >= 0.6 is 0 Å². The number of nitrogens with zero attached hydrogens (tertiary/aromatic N) is 4. The van der Waals surface area contributed by atoms with Crippen molar-refractivity contribution in [1.82, 2.24) is 19.9 Å². The number of allylic oxidation sites excluding steroid dienone is 4. The normalized spacial score (nSPS) is 12.5.